The molecule has 0 aromatic heterocycles. The van der Waals surface area contributed by atoms with Gasteiger partial charge in [-0.1, -0.05) is 96.0 Å². The van der Waals surface area contributed by atoms with Crippen molar-refractivity contribution < 1.29 is 93.0 Å². The Balaban J connectivity index is 0.768. The molecule has 2 aliphatic rings. The molecule has 0 radical (unpaired) electrons. The lowest BCUT2D eigenvalue weighted by Crippen LogP contribution is -2.68. The number of hydrogen-bond donors (Lipinski definition) is 12. The molecule has 512 valence electrons. The topological polar surface area (TPSA) is 375 Å². The SMILES string of the molecule is CC(=O)N[C@H]1[C@H]([C@H](O)[C@H](O)CNC(=O)c2ccc(-c3ccccc3Cl)cc2)O[C@](C=O)(OCCCSCCNC(=O)c2ccc(C(=O)CCCSCCCO[C@]3(C(=O)O)C[C@H](O)[C@@H](NC(C)=O)[C@H]([C@H](O)[C@@H](O)CNC(=O)c4ccc(-c5ccccc5Cl)cc4)O3)cc2)C[C@@H]1O. The molecule has 2 heterocycles. The number of carboxylic acids is 1. The molecule has 0 aliphatic carbocycles. The predicted octanol–water partition coefficient (Wildman–Crippen LogP) is 4.59. The summed E-state index contributed by atoms with van der Waals surface area (Å²) < 4.78 is 23.4. The van der Waals surface area contributed by atoms with E-state index in [9.17, 15) is 74.1 Å². The zero-order valence-corrected chi connectivity index (χ0v) is 55.3. The van der Waals surface area contributed by atoms with Gasteiger partial charge in [0.05, 0.1) is 49.7 Å². The van der Waals surface area contributed by atoms with E-state index in [4.69, 9.17) is 42.1 Å². The molecular weight excluding hydrogens is 1310 g/mol. The molecular formula is C67H79Cl2N5O19S2. The van der Waals surface area contributed by atoms with E-state index in [0.717, 1.165) is 29.2 Å². The van der Waals surface area contributed by atoms with Gasteiger partial charge in [-0.3, -0.25) is 33.6 Å². The van der Waals surface area contributed by atoms with E-state index in [-0.39, 0.29) is 42.5 Å². The normalized spacial score (nSPS) is 22.2. The van der Waals surface area contributed by atoms with Crippen molar-refractivity contribution in [3.05, 3.63) is 154 Å². The summed E-state index contributed by atoms with van der Waals surface area (Å²) in [6.07, 6.45) is -12.8. The number of thioether (sulfide) groups is 2. The highest BCUT2D eigenvalue weighted by Gasteiger charge is 2.56. The third kappa shape index (κ3) is 21.3. The molecule has 0 spiro atoms. The van der Waals surface area contributed by atoms with E-state index in [2.05, 4.69) is 26.6 Å². The maximum Gasteiger partial charge on any atom is 0.364 e. The number of hydrogen-bond acceptors (Lipinski definition) is 20. The summed E-state index contributed by atoms with van der Waals surface area (Å²) in [6, 6.07) is 31.1. The van der Waals surface area contributed by atoms with Crippen LogP contribution in [0.4, 0.5) is 0 Å². The van der Waals surface area contributed by atoms with Crippen molar-refractivity contribution in [2.75, 3.05) is 55.9 Å². The highest BCUT2D eigenvalue weighted by atomic mass is 35.5. The molecule has 12 N–H and O–H groups in total. The standard InChI is InChI=1S/C67H79Cl2N5O19S2/c1-39(76)73-56-52(79)34-66(38-75,92-60(56)58(83)54(81)36-71-63(86)45-21-15-41(16-22-45)47-10-3-5-12-49(47)68)90-28-8-32-95-33-27-70-62(85)44-25-19-43(20-26-44)51(78)14-7-30-94-31-9-29-91-67(65(88)89)35-53(80)57(74-40(2)77)61(93-67)59(84)55(82)37-72-64(87)46-23-17-42(18-24-46)48-11-4-6-13-50(48)69/h3-6,10-13,15-26,38,52-61,79-84H,7-9,14,27-37H2,1-2H3,(H,70,85)(H,71,86)(H,72,87)(H,73,76)(H,74,77)(H,88,89)/t52-,53-,54+,55-,56+,57+,58+,59+,60+,61+,66+,67+/m0/s1. The van der Waals surface area contributed by atoms with Crippen LogP contribution >= 0.6 is 46.7 Å². The van der Waals surface area contributed by atoms with Crippen LogP contribution in [0.3, 0.4) is 0 Å². The van der Waals surface area contributed by atoms with E-state index in [1.807, 2.05) is 24.3 Å². The van der Waals surface area contributed by atoms with Gasteiger partial charge in [-0.25, -0.2) is 4.79 Å². The summed E-state index contributed by atoms with van der Waals surface area (Å²) in [5.41, 5.74) is 4.32. The number of amides is 5. The Hall–Kier alpha value is -6.86. The fraction of sp³-hybridized carbons (Fsp3) is 0.433. The van der Waals surface area contributed by atoms with Crippen molar-refractivity contribution in [2.45, 2.75) is 125 Å². The number of nitrogens with one attached hydrogen (secondary N) is 5. The van der Waals surface area contributed by atoms with Crippen molar-refractivity contribution in [3.8, 4) is 22.3 Å². The van der Waals surface area contributed by atoms with Gasteiger partial charge >= 0.3 is 5.97 Å². The van der Waals surface area contributed by atoms with Gasteiger partial charge in [0.2, 0.25) is 17.6 Å². The lowest BCUT2D eigenvalue weighted by atomic mass is 9.88. The van der Waals surface area contributed by atoms with Crippen LogP contribution in [0.15, 0.2) is 121 Å². The van der Waals surface area contributed by atoms with Crippen LogP contribution in [0.2, 0.25) is 10.0 Å². The van der Waals surface area contributed by atoms with Gasteiger partial charge in [0.25, 0.3) is 23.5 Å². The Kier molecular flexibility index (Phi) is 29.0. The number of carbonyl (C=O) groups is 8. The lowest BCUT2D eigenvalue weighted by Gasteiger charge is -2.46. The second-order valence-electron chi connectivity index (χ2n) is 22.8. The number of halogens is 2. The van der Waals surface area contributed by atoms with Crippen LogP contribution in [0.1, 0.15) is 93.8 Å². The van der Waals surface area contributed by atoms with Crippen LogP contribution in [0.5, 0.6) is 0 Å². The minimum absolute atomic E-state index is 0.0294. The Labute approximate surface area is 567 Å². The van der Waals surface area contributed by atoms with Gasteiger partial charge in [-0.05, 0) is 96.2 Å². The molecule has 24 nitrogen and oxygen atoms in total. The number of Topliss-reactive ketones (excluding diaryl/α,β-unsaturated/α-hetero) is 1. The van der Waals surface area contributed by atoms with Crippen LogP contribution in [-0.4, -0.2) is 212 Å². The second-order valence-corrected chi connectivity index (χ2v) is 26.1. The van der Waals surface area contributed by atoms with Gasteiger partial charge in [0.15, 0.2) is 12.1 Å². The third-order valence-electron chi connectivity index (χ3n) is 15.7. The number of aliphatic carboxylic acids is 1. The molecule has 5 aromatic carbocycles. The number of benzene rings is 5. The van der Waals surface area contributed by atoms with E-state index < -0.39 is 128 Å². The zero-order valence-electron chi connectivity index (χ0n) is 52.1. The molecule has 2 aliphatic heterocycles. The number of aliphatic hydroxyl groups is 6. The van der Waals surface area contributed by atoms with E-state index >= 15 is 0 Å². The fourth-order valence-electron chi connectivity index (χ4n) is 10.7. The Morgan fingerprint density at radius 1 is 0.568 bits per heavy atom. The first-order chi connectivity index (χ1) is 45.4. The summed E-state index contributed by atoms with van der Waals surface area (Å²) >= 11 is 15.6. The highest BCUT2D eigenvalue weighted by molar-refractivity contribution is 7.99. The largest absolute Gasteiger partial charge is 0.477 e. The average Bonchev–Trinajstić information content (AvgIpc) is 0.781. The first kappa shape index (κ1) is 75.5. The van der Waals surface area contributed by atoms with E-state index in [0.29, 0.717) is 76.3 Å². The number of aliphatic hydroxyl groups excluding tert-OH is 6. The maximum absolute atomic E-state index is 13.0. The van der Waals surface area contributed by atoms with Gasteiger partial charge in [-0.2, -0.15) is 23.5 Å². The molecule has 0 bridgehead atoms. The first-order valence-electron chi connectivity index (χ1n) is 30.7. The second kappa shape index (κ2) is 36.5. The predicted molar refractivity (Wildman–Crippen MR) is 356 cm³/mol. The quantitative estimate of drug-likeness (QED) is 0.0150. The number of carboxylic acid groups (broad SMARTS) is 1. The Morgan fingerprint density at radius 3 is 1.46 bits per heavy atom. The minimum Gasteiger partial charge on any atom is -0.477 e. The molecule has 0 unspecified atom stereocenters. The monoisotopic (exact) mass is 1390 g/mol. The smallest absolute Gasteiger partial charge is 0.364 e. The number of ether oxygens (including phenoxy) is 4. The van der Waals surface area contributed by atoms with Crippen molar-refractivity contribution in [1.29, 1.82) is 0 Å². The lowest BCUT2D eigenvalue weighted by molar-refractivity contribution is -0.310. The van der Waals surface area contributed by atoms with Crippen LogP contribution in [0.25, 0.3) is 22.3 Å². The molecule has 12 atom stereocenters. The Bertz CT molecular complexity index is 3420. The Morgan fingerprint density at radius 2 is 0.989 bits per heavy atom. The first-order valence-corrected chi connectivity index (χ1v) is 33.8. The number of carbonyl (C=O) groups excluding carboxylic acids is 7. The number of ketones is 1. The molecule has 2 saturated heterocycles. The molecule has 5 amide bonds. The molecule has 2 fully saturated rings. The summed E-state index contributed by atoms with van der Waals surface area (Å²) in [5.74, 6) is -6.94. The number of aldehydes is 1. The van der Waals surface area contributed by atoms with Crippen molar-refractivity contribution in [1.82, 2.24) is 26.6 Å². The van der Waals surface area contributed by atoms with Gasteiger partial charge in [0.1, 0.15) is 24.4 Å². The van der Waals surface area contributed by atoms with Crippen molar-refractivity contribution >= 4 is 94.3 Å². The van der Waals surface area contributed by atoms with Crippen molar-refractivity contribution in [3.63, 3.8) is 0 Å². The zero-order chi connectivity index (χ0) is 68.8. The van der Waals surface area contributed by atoms with Crippen LogP contribution in [0, 0.1) is 0 Å². The van der Waals surface area contributed by atoms with E-state index in [1.54, 1.807) is 97.1 Å². The van der Waals surface area contributed by atoms with E-state index in [1.165, 1.54) is 30.4 Å². The highest BCUT2D eigenvalue weighted by Crippen LogP contribution is 2.36. The van der Waals surface area contributed by atoms with Gasteiger partial charge in [-0.15, -0.1) is 0 Å². The summed E-state index contributed by atoms with van der Waals surface area (Å²) in [7, 11) is 0. The van der Waals surface area contributed by atoms with Gasteiger partial charge < -0.3 is 81.3 Å². The maximum atomic E-state index is 13.0. The van der Waals surface area contributed by atoms with Crippen LogP contribution < -0.4 is 26.6 Å². The summed E-state index contributed by atoms with van der Waals surface area (Å²) in [4.78, 5) is 102. The van der Waals surface area contributed by atoms with Crippen molar-refractivity contribution in [2.24, 2.45) is 0 Å². The van der Waals surface area contributed by atoms with Gasteiger partial charge in [0, 0.05) is 102 Å². The molecule has 5 aromatic rings. The molecule has 7 rings (SSSR count). The summed E-state index contributed by atoms with van der Waals surface area (Å²) in [5, 5.41) is 91.3. The molecule has 28 heteroatoms. The third-order valence-corrected chi connectivity index (χ3v) is 18.6. The molecule has 0 saturated carbocycles. The van der Waals surface area contributed by atoms with Crippen LogP contribution in [-0.2, 0) is 38.1 Å². The number of rotatable bonds is 35. The molecule has 95 heavy (non-hydrogen) atoms. The minimum atomic E-state index is -2.48. The average molecular weight is 1390 g/mol. The summed E-state index contributed by atoms with van der Waals surface area (Å²) in [6.45, 7) is 1.45. The fourth-order valence-corrected chi connectivity index (χ4v) is 12.9.